The molecule has 31 heavy (non-hydrogen) atoms. The van der Waals surface area contributed by atoms with Crippen LogP contribution in [-0.2, 0) is 16.1 Å². The number of halogens is 1. The van der Waals surface area contributed by atoms with Crippen LogP contribution in [0.1, 0.15) is 45.6 Å². The number of amides is 2. The molecule has 0 bridgehead atoms. The Morgan fingerprint density at radius 1 is 1.16 bits per heavy atom. The van der Waals surface area contributed by atoms with E-state index < -0.39 is 5.60 Å². The molecule has 0 spiro atoms. The lowest BCUT2D eigenvalue weighted by molar-refractivity contribution is -0.122. The Bertz CT molecular complexity index is 797. The first-order valence-corrected chi connectivity index (χ1v) is 10.6. The van der Waals surface area contributed by atoms with Crippen LogP contribution in [-0.4, -0.2) is 59.5 Å². The maximum absolute atomic E-state index is 12.2. The number of aliphatic imine (C=N–C) groups is 1. The molecule has 2 fully saturated rings. The Morgan fingerprint density at radius 2 is 1.81 bits per heavy atom. The third-order valence-electron chi connectivity index (χ3n) is 5.35. The van der Waals surface area contributed by atoms with E-state index in [1.54, 1.807) is 4.90 Å². The summed E-state index contributed by atoms with van der Waals surface area (Å²) in [5.74, 6) is 0.716. The van der Waals surface area contributed by atoms with Gasteiger partial charge in [0.1, 0.15) is 5.60 Å². The number of carbonyl (C=O) groups excluding carboxylic acids is 2. The number of ether oxygens (including phenoxy) is 1. The van der Waals surface area contributed by atoms with Crippen molar-refractivity contribution in [3.05, 3.63) is 29.8 Å². The topological polar surface area (TPSA) is 100 Å². The minimum Gasteiger partial charge on any atom is -0.444 e. The lowest BCUT2D eigenvalue weighted by Crippen LogP contribution is -2.53. The van der Waals surface area contributed by atoms with Gasteiger partial charge in [-0.3, -0.25) is 4.79 Å². The molecule has 1 aromatic rings. The number of rotatable bonds is 4. The van der Waals surface area contributed by atoms with Crippen LogP contribution in [0.25, 0.3) is 0 Å². The summed E-state index contributed by atoms with van der Waals surface area (Å²) >= 11 is 0. The molecule has 3 N–H and O–H groups in total. The molecule has 2 aliphatic rings. The van der Waals surface area contributed by atoms with Crippen LogP contribution in [0.4, 0.5) is 10.5 Å². The molecule has 172 valence electrons. The molecule has 2 amide bonds. The van der Waals surface area contributed by atoms with Crippen molar-refractivity contribution in [3.63, 3.8) is 0 Å². The van der Waals surface area contributed by atoms with E-state index >= 15 is 0 Å². The van der Waals surface area contributed by atoms with Gasteiger partial charge in [0.15, 0.2) is 5.96 Å². The molecule has 8 nitrogen and oxygen atoms in total. The highest BCUT2D eigenvalue weighted by molar-refractivity contribution is 14.0. The molecular weight excluding hydrogens is 509 g/mol. The van der Waals surface area contributed by atoms with Crippen LogP contribution in [0.2, 0.25) is 0 Å². The highest BCUT2D eigenvalue weighted by atomic mass is 127. The summed E-state index contributed by atoms with van der Waals surface area (Å²) in [6.07, 6.45) is 2.80. The fourth-order valence-corrected chi connectivity index (χ4v) is 3.38. The lowest BCUT2D eigenvalue weighted by Gasteiger charge is -2.36. The number of nitrogens with one attached hydrogen (secondary N) is 1. The number of anilines is 1. The van der Waals surface area contributed by atoms with Crippen molar-refractivity contribution >= 4 is 47.6 Å². The maximum atomic E-state index is 12.2. The molecule has 1 aromatic carbocycles. The Labute approximate surface area is 201 Å². The van der Waals surface area contributed by atoms with Gasteiger partial charge in [-0.25, -0.2) is 9.79 Å². The zero-order chi connectivity index (χ0) is 21.7. The Balaban J connectivity index is 0.00000341. The van der Waals surface area contributed by atoms with Crippen LogP contribution >= 0.6 is 24.0 Å². The third-order valence-corrected chi connectivity index (χ3v) is 5.35. The first-order valence-electron chi connectivity index (χ1n) is 10.6. The summed E-state index contributed by atoms with van der Waals surface area (Å²) < 4.78 is 5.42. The number of benzene rings is 1. The fraction of sp³-hybridized carbons (Fsp3) is 0.591. The summed E-state index contributed by atoms with van der Waals surface area (Å²) in [4.78, 5) is 32.5. The molecule has 0 unspecified atom stereocenters. The number of nitrogens with zero attached hydrogens (tertiary/aromatic N) is 3. The highest BCUT2D eigenvalue weighted by Crippen LogP contribution is 2.27. The summed E-state index contributed by atoms with van der Waals surface area (Å²) in [6, 6.07) is 7.71. The molecule has 1 aliphatic carbocycles. The molecular formula is C22H34IN5O3. The molecule has 1 saturated heterocycles. The minimum absolute atomic E-state index is 0. The smallest absolute Gasteiger partial charge is 0.410 e. The number of nitrogens with two attached hydrogens (primary N) is 1. The van der Waals surface area contributed by atoms with Gasteiger partial charge in [0.2, 0.25) is 5.91 Å². The number of guanidine groups is 1. The van der Waals surface area contributed by atoms with Crippen molar-refractivity contribution in [2.45, 2.75) is 52.2 Å². The third kappa shape index (κ3) is 7.55. The predicted molar refractivity (Wildman–Crippen MR) is 133 cm³/mol. The fourth-order valence-electron chi connectivity index (χ4n) is 3.38. The number of hydrogen-bond acceptors (Lipinski definition) is 4. The van der Waals surface area contributed by atoms with E-state index in [1.807, 2.05) is 49.9 Å². The van der Waals surface area contributed by atoms with Gasteiger partial charge in [-0.05, 0) is 51.3 Å². The van der Waals surface area contributed by atoms with Crippen molar-refractivity contribution in [1.29, 1.82) is 0 Å². The van der Waals surface area contributed by atoms with Gasteiger partial charge in [0.25, 0.3) is 0 Å². The summed E-state index contributed by atoms with van der Waals surface area (Å²) in [5.41, 5.74) is 7.45. The van der Waals surface area contributed by atoms with Gasteiger partial charge in [-0.2, -0.15) is 0 Å². The highest BCUT2D eigenvalue weighted by Gasteiger charge is 2.27. The van der Waals surface area contributed by atoms with Crippen molar-refractivity contribution in [1.82, 2.24) is 9.80 Å². The van der Waals surface area contributed by atoms with Gasteiger partial charge in [0.05, 0.1) is 6.54 Å². The van der Waals surface area contributed by atoms with Crippen LogP contribution in [0, 0.1) is 5.92 Å². The largest absolute Gasteiger partial charge is 0.444 e. The Hall–Kier alpha value is -2.04. The average molecular weight is 543 g/mol. The zero-order valence-electron chi connectivity index (χ0n) is 18.6. The van der Waals surface area contributed by atoms with Crippen LogP contribution in [0.15, 0.2) is 29.3 Å². The number of hydrogen-bond donors (Lipinski definition) is 2. The molecule has 1 heterocycles. The normalized spacial score (nSPS) is 17.5. The molecule has 0 atom stereocenters. The standard InChI is InChI=1S/C22H33N5O3.HI/c1-22(2,3)30-21(29)27-12-10-26(11-13-27)20(23)24-15-16-6-4-9-18(14-16)25-19(28)17-7-5-8-17;/h4,6,9,14,17H,5,7-8,10-13,15H2,1-3H3,(H2,23,24)(H,25,28);1H. The molecule has 3 rings (SSSR count). The number of piperazine rings is 1. The SMILES string of the molecule is CC(C)(C)OC(=O)N1CCN(C(N)=NCc2cccc(NC(=O)C3CCC3)c2)CC1.I. The quantitative estimate of drug-likeness (QED) is 0.345. The van der Waals surface area contributed by atoms with E-state index in [0.29, 0.717) is 38.7 Å². The van der Waals surface area contributed by atoms with Gasteiger partial charge >= 0.3 is 6.09 Å². The van der Waals surface area contributed by atoms with Gasteiger partial charge < -0.3 is 25.6 Å². The molecule has 9 heteroatoms. The molecule has 1 aliphatic heterocycles. The van der Waals surface area contributed by atoms with Crippen molar-refractivity contribution in [3.8, 4) is 0 Å². The van der Waals surface area contributed by atoms with E-state index in [4.69, 9.17) is 10.5 Å². The van der Waals surface area contributed by atoms with Crippen LogP contribution in [0.3, 0.4) is 0 Å². The Kier molecular flexibility index (Phi) is 8.96. The monoisotopic (exact) mass is 543 g/mol. The van der Waals surface area contributed by atoms with Crippen molar-refractivity contribution in [2.75, 3.05) is 31.5 Å². The van der Waals surface area contributed by atoms with Gasteiger partial charge in [0, 0.05) is 37.8 Å². The summed E-state index contributed by atoms with van der Waals surface area (Å²) in [7, 11) is 0. The molecule has 0 aromatic heterocycles. The van der Waals surface area contributed by atoms with E-state index in [0.717, 1.165) is 30.5 Å². The van der Waals surface area contributed by atoms with E-state index in [9.17, 15) is 9.59 Å². The molecule has 1 saturated carbocycles. The van der Waals surface area contributed by atoms with Gasteiger partial charge in [-0.1, -0.05) is 18.6 Å². The predicted octanol–water partition coefficient (Wildman–Crippen LogP) is 3.41. The lowest BCUT2D eigenvalue weighted by atomic mass is 9.85. The first-order chi connectivity index (χ1) is 14.2. The second-order valence-corrected chi connectivity index (χ2v) is 8.95. The minimum atomic E-state index is -0.499. The number of carbonyl (C=O) groups is 2. The van der Waals surface area contributed by atoms with E-state index in [-0.39, 0.29) is 41.9 Å². The van der Waals surface area contributed by atoms with E-state index in [1.165, 1.54) is 0 Å². The average Bonchev–Trinajstić information content (AvgIpc) is 2.63. The van der Waals surface area contributed by atoms with Gasteiger partial charge in [-0.15, -0.1) is 24.0 Å². The van der Waals surface area contributed by atoms with Crippen LogP contribution < -0.4 is 11.1 Å². The molecule has 0 radical (unpaired) electrons. The van der Waals surface area contributed by atoms with Crippen LogP contribution in [0.5, 0.6) is 0 Å². The van der Waals surface area contributed by atoms with Crippen molar-refractivity contribution in [2.24, 2.45) is 16.6 Å². The first kappa shape index (κ1) is 25.2. The maximum Gasteiger partial charge on any atom is 0.410 e. The second kappa shape index (κ2) is 11.0. The second-order valence-electron chi connectivity index (χ2n) is 8.95. The summed E-state index contributed by atoms with van der Waals surface area (Å²) in [6.45, 7) is 8.35. The Morgan fingerprint density at radius 3 is 2.39 bits per heavy atom. The van der Waals surface area contributed by atoms with Crippen molar-refractivity contribution < 1.29 is 14.3 Å². The van der Waals surface area contributed by atoms with E-state index in [2.05, 4.69) is 10.3 Å². The zero-order valence-corrected chi connectivity index (χ0v) is 20.9. The summed E-state index contributed by atoms with van der Waals surface area (Å²) in [5, 5.41) is 2.99.